The van der Waals surface area contributed by atoms with E-state index in [1.165, 1.54) is 24.3 Å². The van der Waals surface area contributed by atoms with Crippen LogP contribution >= 0.6 is 0 Å². The van der Waals surface area contributed by atoms with Gasteiger partial charge < -0.3 is 10.4 Å². The summed E-state index contributed by atoms with van der Waals surface area (Å²) < 4.78 is 15.0. The SMILES string of the molecule is CC(C)Cn1ncc(C(=O)NCC(C(=O)O)c2ccc(F)cc2)c1C1CC1. The molecule has 7 heteroatoms. The fourth-order valence-electron chi connectivity index (χ4n) is 3.18. The van der Waals surface area contributed by atoms with Gasteiger partial charge in [-0.25, -0.2) is 4.39 Å². The lowest BCUT2D eigenvalue weighted by molar-refractivity contribution is -0.138. The Morgan fingerprint density at radius 1 is 1.30 bits per heavy atom. The van der Waals surface area contributed by atoms with Crippen molar-refractivity contribution in [2.45, 2.75) is 45.1 Å². The zero-order valence-electron chi connectivity index (χ0n) is 15.5. The van der Waals surface area contributed by atoms with Crippen LogP contribution in [-0.2, 0) is 11.3 Å². The van der Waals surface area contributed by atoms with Crippen molar-refractivity contribution in [2.24, 2.45) is 5.92 Å². The number of carboxylic acid groups (broad SMARTS) is 1. The summed E-state index contributed by atoms with van der Waals surface area (Å²) in [4.78, 5) is 24.3. The molecule has 1 heterocycles. The second kappa shape index (κ2) is 7.90. The third kappa shape index (κ3) is 4.53. The fraction of sp³-hybridized carbons (Fsp3) is 0.450. The molecule has 1 aromatic heterocycles. The van der Waals surface area contributed by atoms with E-state index >= 15 is 0 Å². The lowest BCUT2D eigenvalue weighted by Gasteiger charge is -2.15. The first-order valence-electron chi connectivity index (χ1n) is 9.19. The van der Waals surface area contributed by atoms with Gasteiger partial charge in [0.05, 0.1) is 23.4 Å². The van der Waals surface area contributed by atoms with Gasteiger partial charge in [0.25, 0.3) is 5.91 Å². The zero-order valence-corrected chi connectivity index (χ0v) is 15.5. The number of amides is 1. The standard InChI is InChI=1S/C20H24FN3O3/c1-12(2)11-24-18(14-3-4-14)17(10-23-24)19(25)22-9-16(20(26)27)13-5-7-15(21)8-6-13/h5-8,10,12,14,16H,3-4,9,11H2,1-2H3,(H,22,25)(H,26,27). The average molecular weight is 373 g/mol. The van der Waals surface area contributed by atoms with Gasteiger partial charge in [-0.1, -0.05) is 26.0 Å². The summed E-state index contributed by atoms with van der Waals surface area (Å²) in [6.45, 7) is 4.86. The maximum absolute atomic E-state index is 13.1. The number of aliphatic carboxylic acids is 1. The number of hydrogen-bond acceptors (Lipinski definition) is 3. The predicted octanol–water partition coefficient (Wildman–Crippen LogP) is 3.15. The molecular weight excluding hydrogens is 349 g/mol. The molecule has 1 aromatic carbocycles. The molecule has 1 amide bonds. The second-order valence-electron chi connectivity index (χ2n) is 7.45. The first kappa shape index (κ1) is 19.1. The van der Waals surface area contributed by atoms with E-state index in [-0.39, 0.29) is 12.5 Å². The number of aromatic nitrogens is 2. The van der Waals surface area contributed by atoms with Crippen LogP contribution in [0.25, 0.3) is 0 Å². The number of hydrogen-bond donors (Lipinski definition) is 2. The highest BCUT2D eigenvalue weighted by Gasteiger charge is 2.33. The monoisotopic (exact) mass is 373 g/mol. The molecule has 1 fully saturated rings. The zero-order chi connectivity index (χ0) is 19.6. The summed E-state index contributed by atoms with van der Waals surface area (Å²) in [6.07, 6.45) is 3.65. The molecule has 0 radical (unpaired) electrons. The molecule has 1 aliphatic rings. The minimum absolute atomic E-state index is 0.0702. The van der Waals surface area contributed by atoms with Crippen LogP contribution in [0.2, 0.25) is 0 Å². The van der Waals surface area contributed by atoms with E-state index in [0.717, 1.165) is 25.1 Å². The van der Waals surface area contributed by atoms with Crippen molar-refractivity contribution in [3.8, 4) is 0 Å². The number of carbonyl (C=O) groups is 2. The fourth-order valence-corrected chi connectivity index (χ4v) is 3.18. The molecule has 3 rings (SSSR count). The summed E-state index contributed by atoms with van der Waals surface area (Å²) >= 11 is 0. The molecule has 1 aliphatic carbocycles. The molecule has 0 spiro atoms. The molecule has 0 saturated heterocycles. The minimum Gasteiger partial charge on any atom is -0.481 e. The van der Waals surface area contributed by atoms with Crippen LogP contribution in [0.1, 0.15) is 60.1 Å². The van der Waals surface area contributed by atoms with Gasteiger partial charge in [0.2, 0.25) is 0 Å². The van der Waals surface area contributed by atoms with Crippen LogP contribution in [0.15, 0.2) is 30.5 Å². The number of benzene rings is 1. The lowest BCUT2D eigenvalue weighted by Crippen LogP contribution is -2.32. The van der Waals surface area contributed by atoms with E-state index in [2.05, 4.69) is 24.3 Å². The van der Waals surface area contributed by atoms with E-state index in [1.807, 2.05) is 4.68 Å². The summed E-state index contributed by atoms with van der Waals surface area (Å²) in [5.74, 6) is -2.00. The highest BCUT2D eigenvalue weighted by Crippen LogP contribution is 2.41. The Hall–Kier alpha value is -2.70. The molecule has 0 aliphatic heterocycles. The summed E-state index contributed by atoms with van der Waals surface area (Å²) in [7, 11) is 0. The molecule has 0 bridgehead atoms. The van der Waals surface area contributed by atoms with Crippen LogP contribution in [0.4, 0.5) is 4.39 Å². The number of halogens is 1. The molecular formula is C20H24FN3O3. The van der Waals surface area contributed by atoms with E-state index in [4.69, 9.17) is 0 Å². The van der Waals surface area contributed by atoms with Gasteiger partial charge in [0.15, 0.2) is 0 Å². The van der Waals surface area contributed by atoms with Crippen molar-refractivity contribution in [3.63, 3.8) is 0 Å². The number of carbonyl (C=O) groups excluding carboxylic acids is 1. The number of carboxylic acids is 1. The Morgan fingerprint density at radius 2 is 1.96 bits per heavy atom. The Kier molecular flexibility index (Phi) is 5.58. The second-order valence-corrected chi connectivity index (χ2v) is 7.45. The number of nitrogens with zero attached hydrogens (tertiary/aromatic N) is 2. The van der Waals surface area contributed by atoms with Crippen molar-refractivity contribution in [1.82, 2.24) is 15.1 Å². The van der Waals surface area contributed by atoms with Crippen molar-refractivity contribution in [2.75, 3.05) is 6.54 Å². The largest absolute Gasteiger partial charge is 0.481 e. The van der Waals surface area contributed by atoms with Crippen molar-refractivity contribution in [1.29, 1.82) is 0 Å². The molecule has 27 heavy (non-hydrogen) atoms. The molecule has 1 atom stereocenters. The Balaban J connectivity index is 1.74. The molecule has 1 saturated carbocycles. The summed E-state index contributed by atoms with van der Waals surface area (Å²) in [6, 6.07) is 5.29. The van der Waals surface area contributed by atoms with Crippen LogP contribution in [-0.4, -0.2) is 33.3 Å². The molecule has 1 unspecified atom stereocenters. The first-order valence-corrected chi connectivity index (χ1v) is 9.19. The summed E-state index contributed by atoms with van der Waals surface area (Å²) in [5, 5.41) is 16.6. The minimum atomic E-state index is -1.07. The summed E-state index contributed by atoms with van der Waals surface area (Å²) in [5.41, 5.74) is 1.90. The van der Waals surface area contributed by atoms with Crippen LogP contribution < -0.4 is 5.32 Å². The van der Waals surface area contributed by atoms with Gasteiger partial charge >= 0.3 is 5.97 Å². The van der Waals surface area contributed by atoms with Gasteiger partial charge in [-0.2, -0.15) is 5.10 Å². The van der Waals surface area contributed by atoms with Crippen LogP contribution in [0.5, 0.6) is 0 Å². The maximum Gasteiger partial charge on any atom is 0.312 e. The lowest BCUT2D eigenvalue weighted by atomic mass is 9.99. The Bertz CT molecular complexity index is 825. The maximum atomic E-state index is 13.1. The number of nitrogens with one attached hydrogen (secondary N) is 1. The van der Waals surface area contributed by atoms with E-state index in [9.17, 15) is 19.1 Å². The van der Waals surface area contributed by atoms with E-state index in [0.29, 0.717) is 23.0 Å². The topological polar surface area (TPSA) is 84.2 Å². The highest BCUT2D eigenvalue weighted by molar-refractivity contribution is 5.95. The Morgan fingerprint density at radius 3 is 2.52 bits per heavy atom. The smallest absolute Gasteiger partial charge is 0.312 e. The number of rotatable bonds is 8. The molecule has 2 aromatic rings. The highest BCUT2D eigenvalue weighted by atomic mass is 19.1. The predicted molar refractivity (Wildman–Crippen MR) is 98.2 cm³/mol. The third-order valence-corrected chi connectivity index (χ3v) is 4.66. The van der Waals surface area contributed by atoms with Crippen molar-refractivity contribution in [3.05, 3.63) is 53.1 Å². The van der Waals surface area contributed by atoms with E-state index < -0.39 is 17.7 Å². The first-order chi connectivity index (χ1) is 12.9. The quantitative estimate of drug-likeness (QED) is 0.744. The van der Waals surface area contributed by atoms with Gasteiger partial charge in [-0.3, -0.25) is 14.3 Å². The van der Waals surface area contributed by atoms with Crippen molar-refractivity contribution >= 4 is 11.9 Å². The molecule has 144 valence electrons. The van der Waals surface area contributed by atoms with Gasteiger partial charge in [-0.15, -0.1) is 0 Å². The average Bonchev–Trinajstić information content (AvgIpc) is 3.36. The van der Waals surface area contributed by atoms with E-state index in [1.54, 1.807) is 6.20 Å². The van der Waals surface area contributed by atoms with Crippen LogP contribution in [0.3, 0.4) is 0 Å². The molecule has 6 nitrogen and oxygen atoms in total. The van der Waals surface area contributed by atoms with Crippen molar-refractivity contribution < 1.29 is 19.1 Å². The van der Waals surface area contributed by atoms with Gasteiger partial charge in [0.1, 0.15) is 5.82 Å². The molecule has 2 N–H and O–H groups in total. The Labute approximate surface area is 157 Å². The van der Waals surface area contributed by atoms with Crippen LogP contribution in [0, 0.1) is 11.7 Å². The third-order valence-electron chi connectivity index (χ3n) is 4.66. The van der Waals surface area contributed by atoms with Gasteiger partial charge in [-0.05, 0) is 36.5 Å². The van der Waals surface area contributed by atoms with Gasteiger partial charge in [0, 0.05) is 19.0 Å². The normalized spacial score (nSPS) is 15.0.